The number of carbonyl (C=O) groups excluding carboxylic acids is 2. The number of nitrogens with zero attached hydrogens (tertiary/aromatic N) is 1. The molecule has 1 saturated heterocycles. The zero-order chi connectivity index (χ0) is 12.5. The van der Waals surface area contributed by atoms with Crippen molar-refractivity contribution in [3.63, 3.8) is 0 Å². The van der Waals surface area contributed by atoms with E-state index < -0.39 is 0 Å². The molecule has 1 rings (SSSR count). The smallest absolute Gasteiger partial charge is 0.224 e. The Balaban J connectivity index is 2.08. The number of nitrogens with one attached hydrogen (secondary N) is 1. The Hall–Kier alpha value is -1.10. The summed E-state index contributed by atoms with van der Waals surface area (Å²) in [5.74, 6) is 0.0395. The van der Waals surface area contributed by atoms with E-state index in [1.54, 1.807) is 0 Å². The van der Waals surface area contributed by atoms with Crippen LogP contribution >= 0.6 is 0 Å². The number of aliphatic hydroxyl groups excluding tert-OH is 1. The zero-order valence-corrected chi connectivity index (χ0v) is 10.3. The number of hydrogen-bond donors (Lipinski definition) is 2. The van der Waals surface area contributed by atoms with E-state index in [2.05, 4.69) is 5.32 Å². The normalized spacial score (nSPS) is 15.7. The fourth-order valence-corrected chi connectivity index (χ4v) is 1.94. The van der Waals surface area contributed by atoms with E-state index >= 15 is 0 Å². The molecule has 0 aliphatic carbocycles. The predicted molar refractivity (Wildman–Crippen MR) is 64.4 cm³/mol. The molecule has 0 aromatic heterocycles. The number of likely N-dealkylation sites (tertiary alicyclic amines) is 1. The highest BCUT2D eigenvalue weighted by Gasteiger charge is 2.15. The largest absolute Gasteiger partial charge is 0.396 e. The number of aliphatic hydroxyl groups is 1. The fourth-order valence-electron chi connectivity index (χ4n) is 1.94. The summed E-state index contributed by atoms with van der Waals surface area (Å²) in [6.07, 6.45) is 4.58. The van der Waals surface area contributed by atoms with Gasteiger partial charge in [0, 0.05) is 39.1 Å². The van der Waals surface area contributed by atoms with Crippen molar-refractivity contribution in [1.29, 1.82) is 0 Å². The van der Waals surface area contributed by atoms with Crippen molar-refractivity contribution in [2.45, 2.75) is 38.5 Å². The Bertz CT molecular complexity index is 250. The van der Waals surface area contributed by atoms with Crippen molar-refractivity contribution in [3.8, 4) is 0 Å². The molecular weight excluding hydrogens is 220 g/mol. The minimum absolute atomic E-state index is 0.0279. The fraction of sp³-hybridized carbons (Fsp3) is 0.833. The van der Waals surface area contributed by atoms with Gasteiger partial charge in [0.25, 0.3) is 0 Å². The standard InChI is InChI=1S/C12H22N2O3/c15-10-4-5-11(16)13-7-6-12(17)14-8-2-1-3-9-14/h15H,1-10H2,(H,13,16). The monoisotopic (exact) mass is 242 g/mol. The Morgan fingerprint density at radius 2 is 1.82 bits per heavy atom. The molecule has 0 bridgehead atoms. The molecule has 0 atom stereocenters. The Morgan fingerprint density at radius 1 is 1.12 bits per heavy atom. The lowest BCUT2D eigenvalue weighted by Gasteiger charge is -2.26. The van der Waals surface area contributed by atoms with Crippen LogP contribution in [0.1, 0.15) is 38.5 Å². The number of hydrogen-bond acceptors (Lipinski definition) is 3. The lowest BCUT2D eigenvalue weighted by Crippen LogP contribution is -2.37. The zero-order valence-electron chi connectivity index (χ0n) is 10.3. The van der Waals surface area contributed by atoms with Gasteiger partial charge in [-0.15, -0.1) is 0 Å². The van der Waals surface area contributed by atoms with Crippen LogP contribution in [0.4, 0.5) is 0 Å². The maximum Gasteiger partial charge on any atom is 0.224 e. The van der Waals surface area contributed by atoms with Crippen molar-refractivity contribution >= 4 is 11.8 Å². The summed E-state index contributed by atoms with van der Waals surface area (Å²) >= 11 is 0. The van der Waals surface area contributed by atoms with E-state index in [-0.39, 0.29) is 18.4 Å². The van der Waals surface area contributed by atoms with Crippen LogP contribution in [0.3, 0.4) is 0 Å². The topological polar surface area (TPSA) is 69.6 Å². The summed E-state index contributed by atoms with van der Waals surface area (Å²) < 4.78 is 0. The van der Waals surface area contributed by atoms with E-state index in [9.17, 15) is 9.59 Å². The molecule has 1 aliphatic heterocycles. The number of amides is 2. The molecule has 1 heterocycles. The molecule has 17 heavy (non-hydrogen) atoms. The van der Waals surface area contributed by atoms with Gasteiger partial charge in [0.1, 0.15) is 0 Å². The van der Waals surface area contributed by atoms with Crippen LogP contribution in [-0.4, -0.2) is 48.1 Å². The van der Waals surface area contributed by atoms with Gasteiger partial charge >= 0.3 is 0 Å². The van der Waals surface area contributed by atoms with Gasteiger partial charge in [0.15, 0.2) is 0 Å². The summed E-state index contributed by atoms with van der Waals surface area (Å²) in [7, 11) is 0. The maximum absolute atomic E-state index is 11.7. The third-order valence-electron chi connectivity index (χ3n) is 2.93. The van der Waals surface area contributed by atoms with Crippen LogP contribution in [0.2, 0.25) is 0 Å². The molecule has 2 N–H and O–H groups in total. The van der Waals surface area contributed by atoms with Crippen molar-refractivity contribution in [1.82, 2.24) is 10.2 Å². The van der Waals surface area contributed by atoms with E-state index in [1.165, 1.54) is 6.42 Å². The number of piperidine rings is 1. The maximum atomic E-state index is 11.7. The molecule has 1 aliphatic rings. The van der Waals surface area contributed by atoms with Crippen molar-refractivity contribution in [2.24, 2.45) is 0 Å². The van der Waals surface area contributed by atoms with Crippen molar-refractivity contribution in [2.75, 3.05) is 26.2 Å². The summed E-state index contributed by atoms with van der Waals surface area (Å²) in [6, 6.07) is 0. The molecule has 0 aromatic carbocycles. The Morgan fingerprint density at radius 3 is 2.47 bits per heavy atom. The lowest BCUT2D eigenvalue weighted by molar-refractivity contribution is -0.132. The molecule has 1 fully saturated rings. The Labute approximate surface area is 102 Å². The summed E-state index contributed by atoms with van der Waals surface area (Å²) in [5.41, 5.74) is 0. The molecule has 0 spiro atoms. The molecule has 98 valence electrons. The van der Waals surface area contributed by atoms with Crippen LogP contribution in [-0.2, 0) is 9.59 Å². The van der Waals surface area contributed by atoms with Gasteiger partial charge in [-0.05, 0) is 25.7 Å². The van der Waals surface area contributed by atoms with Gasteiger partial charge in [-0.2, -0.15) is 0 Å². The first kappa shape index (κ1) is 14.0. The quantitative estimate of drug-likeness (QED) is 0.703. The van der Waals surface area contributed by atoms with Gasteiger partial charge < -0.3 is 15.3 Å². The molecule has 0 saturated carbocycles. The third kappa shape index (κ3) is 5.68. The van der Waals surface area contributed by atoms with Gasteiger partial charge in [0.05, 0.1) is 0 Å². The van der Waals surface area contributed by atoms with Crippen LogP contribution in [0.15, 0.2) is 0 Å². The second-order valence-corrected chi connectivity index (χ2v) is 4.37. The average molecular weight is 242 g/mol. The molecule has 2 amide bonds. The first-order chi connectivity index (χ1) is 8.24. The number of rotatable bonds is 6. The minimum atomic E-state index is -0.0921. The van der Waals surface area contributed by atoms with Crippen LogP contribution < -0.4 is 5.32 Å². The second-order valence-electron chi connectivity index (χ2n) is 4.37. The first-order valence-electron chi connectivity index (χ1n) is 6.39. The van der Waals surface area contributed by atoms with E-state index in [0.717, 1.165) is 25.9 Å². The molecule has 0 aromatic rings. The highest BCUT2D eigenvalue weighted by molar-refractivity contribution is 5.79. The SMILES string of the molecule is O=C(CCCO)NCCC(=O)N1CCCCC1. The molecule has 5 nitrogen and oxygen atoms in total. The highest BCUT2D eigenvalue weighted by atomic mass is 16.3. The van der Waals surface area contributed by atoms with Gasteiger partial charge in [-0.3, -0.25) is 9.59 Å². The minimum Gasteiger partial charge on any atom is -0.396 e. The van der Waals surface area contributed by atoms with Crippen LogP contribution in [0, 0.1) is 0 Å². The molecular formula is C12H22N2O3. The number of carbonyl (C=O) groups is 2. The highest BCUT2D eigenvalue weighted by Crippen LogP contribution is 2.09. The Kier molecular flexibility index (Phi) is 6.62. The van der Waals surface area contributed by atoms with Gasteiger partial charge in [-0.1, -0.05) is 0 Å². The lowest BCUT2D eigenvalue weighted by atomic mass is 10.1. The molecule has 5 heteroatoms. The summed E-state index contributed by atoms with van der Waals surface area (Å²) in [6.45, 7) is 2.15. The average Bonchev–Trinajstić information content (AvgIpc) is 2.37. The second kappa shape index (κ2) is 8.06. The van der Waals surface area contributed by atoms with Crippen molar-refractivity contribution < 1.29 is 14.7 Å². The summed E-state index contributed by atoms with van der Waals surface area (Å²) in [4.78, 5) is 24.8. The van der Waals surface area contributed by atoms with E-state index in [4.69, 9.17) is 5.11 Å². The molecule has 0 radical (unpaired) electrons. The summed E-state index contributed by atoms with van der Waals surface area (Å²) in [5, 5.41) is 11.2. The predicted octanol–water partition coefficient (Wildman–Crippen LogP) is 0.278. The van der Waals surface area contributed by atoms with E-state index in [1.807, 2.05) is 4.90 Å². The van der Waals surface area contributed by atoms with Gasteiger partial charge in [-0.25, -0.2) is 0 Å². The third-order valence-corrected chi connectivity index (χ3v) is 2.93. The van der Waals surface area contributed by atoms with Gasteiger partial charge in [0.2, 0.25) is 11.8 Å². The molecule has 0 unspecified atom stereocenters. The van der Waals surface area contributed by atoms with Crippen LogP contribution in [0.25, 0.3) is 0 Å². The van der Waals surface area contributed by atoms with E-state index in [0.29, 0.717) is 25.8 Å². The van der Waals surface area contributed by atoms with Crippen molar-refractivity contribution in [3.05, 3.63) is 0 Å². The first-order valence-corrected chi connectivity index (χ1v) is 6.39. The van der Waals surface area contributed by atoms with Crippen LogP contribution in [0.5, 0.6) is 0 Å².